The Labute approximate surface area is 158 Å². The highest BCUT2D eigenvalue weighted by Crippen LogP contribution is 2.44. The van der Waals surface area contributed by atoms with Gasteiger partial charge in [0.25, 0.3) is 11.4 Å². The second-order valence-corrected chi connectivity index (χ2v) is 7.03. The van der Waals surface area contributed by atoms with Gasteiger partial charge in [0.1, 0.15) is 0 Å². The molecule has 0 spiro atoms. The van der Waals surface area contributed by atoms with Crippen LogP contribution < -0.4 is 0 Å². The lowest BCUT2D eigenvalue weighted by Gasteiger charge is -2.10. The first kappa shape index (κ1) is 21.6. The van der Waals surface area contributed by atoms with Crippen molar-refractivity contribution < 1.29 is 9.58 Å². The molecule has 0 aliphatic heterocycles. The third-order valence-corrected chi connectivity index (χ3v) is 5.97. The number of nitrogens with zero attached hydrogens (tertiary/aromatic N) is 4. The number of hydrogen-bond donors (Lipinski definition) is 0. The predicted octanol–water partition coefficient (Wildman–Crippen LogP) is 5.37. The average molecular weight is 416 g/mol. The first-order valence-corrected chi connectivity index (χ1v) is 8.44. The van der Waals surface area contributed by atoms with E-state index < -0.39 is 0 Å². The molecule has 10 heteroatoms. The summed E-state index contributed by atoms with van der Waals surface area (Å²) in [7, 11) is 2.96. The summed E-state index contributed by atoms with van der Waals surface area (Å²) in [5.74, 6) is 0. The fourth-order valence-corrected chi connectivity index (χ4v) is 4.64. The van der Waals surface area contributed by atoms with E-state index in [9.17, 15) is 0 Å². The molecule has 0 radical (unpaired) electrons. The molecule has 0 saturated carbocycles. The molecular weight excluding hydrogens is 406 g/mol. The van der Waals surface area contributed by atoms with Gasteiger partial charge in [-0.05, 0) is 12.2 Å². The van der Waals surface area contributed by atoms with Gasteiger partial charge >= 0.3 is 0 Å². The van der Waals surface area contributed by atoms with E-state index in [1.54, 1.807) is 24.3 Å². The first-order chi connectivity index (χ1) is 9.63. The van der Waals surface area contributed by atoms with E-state index in [1.807, 2.05) is 0 Å². The molecule has 0 atom stereocenters. The fourth-order valence-electron chi connectivity index (χ4n) is 1.51. The molecule has 0 aromatic carbocycles. The zero-order valence-electron chi connectivity index (χ0n) is 10.9. The van der Waals surface area contributed by atoms with Gasteiger partial charge in [-0.25, -0.2) is 0 Å². The Morgan fingerprint density at radius 1 is 0.773 bits per heavy atom. The maximum atomic E-state index is 8.69. The van der Waals surface area contributed by atoms with Crippen LogP contribution in [0.1, 0.15) is 12.8 Å². The third-order valence-electron chi connectivity index (χ3n) is 2.54. The van der Waals surface area contributed by atoms with Crippen LogP contribution in [-0.4, -0.2) is 21.0 Å². The molecule has 0 N–H and O–H groups in total. The summed E-state index contributed by atoms with van der Waals surface area (Å²) in [6, 6.07) is 0. The highest BCUT2D eigenvalue weighted by Gasteiger charge is 2.19. The third kappa shape index (κ3) is 5.65. The van der Waals surface area contributed by atoms with Crippen LogP contribution in [0, 0.1) is 0 Å². The molecule has 2 aliphatic rings. The van der Waals surface area contributed by atoms with Crippen molar-refractivity contribution in [2.45, 2.75) is 12.8 Å². The Morgan fingerprint density at radius 3 is 1.41 bits per heavy atom. The van der Waals surface area contributed by atoms with Gasteiger partial charge in [-0.2, -0.15) is 9.58 Å². The van der Waals surface area contributed by atoms with E-state index >= 15 is 0 Å². The van der Waals surface area contributed by atoms with Crippen LogP contribution in [0.4, 0.5) is 0 Å². The van der Waals surface area contributed by atoms with Gasteiger partial charge in [0.05, 0.1) is 12.8 Å². The molecule has 0 bridgehead atoms. The molecule has 118 valence electrons. The minimum absolute atomic E-state index is 0. The minimum atomic E-state index is 0. The summed E-state index contributed by atoms with van der Waals surface area (Å²) in [6.45, 7) is 0. The predicted molar refractivity (Wildman–Crippen MR) is 100 cm³/mol. The van der Waals surface area contributed by atoms with Gasteiger partial charge < -0.3 is 11.1 Å². The van der Waals surface area contributed by atoms with Crippen molar-refractivity contribution in [3.8, 4) is 0 Å². The van der Waals surface area contributed by atoms with Crippen LogP contribution in [0.5, 0.6) is 0 Å². The quantitative estimate of drug-likeness (QED) is 0.352. The molecule has 0 aromatic heterocycles. The molecule has 2 aliphatic carbocycles. The van der Waals surface area contributed by atoms with E-state index in [0.29, 0.717) is 34.3 Å². The highest BCUT2D eigenvalue weighted by molar-refractivity contribution is 8.79. The standard InChI is InChI=1S/C12H8Cl2N4S2.2ClH/c13-9-5-7(17-15)1-3-11(9)19-20-12-4-2-8(18-16)6-10(12)14;;/h1-4H,5-6H2;2*1H. The first-order valence-electron chi connectivity index (χ1n) is 5.54. The second-order valence-electron chi connectivity index (χ2n) is 3.91. The van der Waals surface area contributed by atoms with Crippen LogP contribution in [0.3, 0.4) is 0 Å². The molecule has 4 nitrogen and oxygen atoms in total. The molecule has 0 fully saturated rings. The number of halogens is 4. The SMILES string of the molecule is Cl.Cl.[N-]=[N+]=C1C=CC(SSC2=C(Cl)CC(=[N+]=[N-])C=C2)=C(Cl)C1. The Hall–Kier alpha value is -0.420. The molecule has 0 aromatic rings. The Bertz CT molecular complexity index is 611. The van der Waals surface area contributed by atoms with Gasteiger partial charge in [-0.15, -0.1) is 24.8 Å². The van der Waals surface area contributed by atoms with Crippen LogP contribution in [0.25, 0.3) is 11.1 Å². The van der Waals surface area contributed by atoms with Gasteiger partial charge in [0.15, 0.2) is 0 Å². The fraction of sp³-hybridized carbons (Fsp3) is 0.167. The van der Waals surface area contributed by atoms with Crippen molar-refractivity contribution in [3.63, 3.8) is 0 Å². The van der Waals surface area contributed by atoms with Gasteiger partial charge in [-0.3, -0.25) is 0 Å². The van der Waals surface area contributed by atoms with Crippen molar-refractivity contribution in [1.82, 2.24) is 0 Å². The molecule has 2 rings (SSSR count). The number of allylic oxidation sites excluding steroid dienone is 6. The summed E-state index contributed by atoms with van der Waals surface area (Å²) in [5.41, 5.74) is 18.4. The van der Waals surface area contributed by atoms with Gasteiger partial charge in [0.2, 0.25) is 0 Å². The van der Waals surface area contributed by atoms with Crippen molar-refractivity contribution in [2.75, 3.05) is 0 Å². The van der Waals surface area contributed by atoms with E-state index in [1.165, 1.54) is 21.6 Å². The molecule has 0 amide bonds. The van der Waals surface area contributed by atoms with E-state index in [4.69, 9.17) is 34.3 Å². The summed E-state index contributed by atoms with van der Waals surface area (Å²) in [6.07, 6.45) is 7.89. The zero-order valence-corrected chi connectivity index (χ0v) is 15.7. The molecular formula is C12H10Cl4N4S2. The maximum absolute atomic E-state index is 8.69. The summed E-state index contributed by atoms with van der Waals surface area (Å²) in [5, 5.41) is 1.26. The molecule has 22 heavy (non-hydrogen) atoms. The number of hydrogen-bond acceptors (Lipinski definition) is 2. The Kier molecular flexibility index (Phi) is 10.2. The molecule has 0 unspecified atom stereocenters. The van der Waals surface area contributed by atoms with Crippen molar-refractivity contribution >= 4 is 81.0 Å². The Morgan fingerprint density at radius 2 is 1.14 bits per heavy atom. The lowest BCUT2D eigenvalue weighted by molar-refractivity contribution is -0.00595. The van der Waals surface area contributed by atoms with Crippen molar-refractivity contribution in [3.05, 3.63) is 55.2 Å². The monoisotopic (exact) mass is 414 g/mol. The average Bonchev–Trinajstić information content (AvgIpc) is 2.46. The normalized spacial score (nSPS) is 16.8. The second kappa shape index (κ2) is 10.4. The van der Waals surface area contributed by atoms with Crippen LogP contribution in [0.15, 0.2) is 44.2 Å². The number of rotatable bonds is 3. The van der Waals surface area contributed by atoms with Gasteiger partial charge in [0, 0.05) is 32.0 Å². The summed E-state index contributed by atoms with van der Waals surface area (Å²) < 4.78 is 0. The highest BCUT2D eigenvalue weighted by atomic mass is 35.5. The topological polar surface area (TPSA) is 72.8 Å². The minimum Gasteiger partial charge on any atom is -0.361 e. The molecule has 0 saturated heterocycles. The van der Waals surface area contributed by atoms with E-state index in [0.717, 1.165) is 9.81 Å². The lowest BCUT2D eigenvalue weighted by atomic mass is 10.1. The van der Waals surface area contributed by atoms with E-state index in [-0.39, 0.29) is 24.8 Å². The summed E-state index contributed by atoms with van der Waals surface area (Å²) in [4.78, 5) is 8.06. The van der Waals surface area contributed by atoms with Crippen LogP contribution in [0.2, 0.25) is 0 Å². The lowest BCUT2D eigenvalue weighted by Crippen LogP contribution is -2.01. The van der Waals surface area contributed by atoms with E-state index in [2.05, 4.69) is 9.58 Å². The largest absolute Gasteiger partial charge is 0.361 e. The van der Waals surface area contributed by atoms with Crippen LogP contribution in [-0.2, 0) is 0 Å². The zero-order chi connectivity index (χ0) is 14.5. The Balaban J connectivity index is 0.00000220. The smallest absolute Gasteiger partial charge is 0.297 e. The summed E-state index contributed by atoms with van der Waals surface area (Å²) >= 11 is 12.3. The van der Waals surface area contributed by atoms with Crippen molar-refractivity contribution in [1.29, 1.82) is 0 Å². The molecule has 0 heterocycles. The van der Waals surface area contributed by atoms with Gasteiger partial charge in [-0.1, -0.05) is 44.8 Å². The van der Waals surface area contributed by atoms with Crippen molar-refractivity contribution in [2.24, 2.45) is 0 Å². The maximum Gasteiger partial charge on any atom is 0.297 e. The van der Waals surface area contributed by atoms with Crippen LogP contribution >= 0.6 is 69.6 Å².